The van der Waals surface area contributed by atoms with Crippen LogP contribution in [0.3, 0.4) is 0 Å². The molecule has 0 atom stereocenters. The van der Waals surface area contributed by atoms with E-state index in [2.05, 4.69) is 25.5 Å². The predicted octanol–water partition coefficient (Wildman–Crippen LogP) is 1.92. The first-order valence-electron chi connectivity index (χ1n) is 6.86. The van der Waals surface area contributed by atoms with E-state index in [1.165, 1.54) is 0 Å². The Morgan fingerprint density at radius 1 is 1.13 bits per heavy atom. The van der Waals surface area contributed by atoms with Gasteiger partial charge >= 0.3 is 0 Å². The molecule has 2 aromatic heterocycles. The first-order chi connectivity index (χ1) is 11.2. The minimum atomic E-state index is -0.216. The average molecular weight is 304 g/mol. The molecule has 0 aliphatic carbocycles. The molecule has 1 aromatic carbocycles. The third-order valence-corrected chi connectivity index (χ3v) is 3.15. The van der Waals surface area contributed by atoms with Crippen molar-refractivity contribution >= 4 is 11.9 Å². The third kappa shape index (κ3) is 3.57. The lowest BCUT2D eigenvalue weighted by Gasteiger charge is -2.02. The Bertz CT molecular complexity index is 848. The van der Waals surface area contributed by atoms with Crippen molar-refractivity contribution in [3.8, 4) is 17.5 Å². The van der Waals surface area contributed by atoms with Gasteiger partial charge in [0.2, 0.25) is 11.9 Å². The second kappa shape index (κ2) is 6.49. The minimum Gasteiger partial charge on any atom is -0.307 e. The molecule has 0 aliphatic heterocycles. The Balaban J connectivity index is 1.64. The molecule has 112 valence electrons. The average Bonchev–Trinajstić information content (AvgIpc) is 3.04. The molecule has 0 saturated carbocycles. The highest BCUT2D eigenvalue weighted by Gasteiger charge is 2.09. The molecule has 3 aromatic rings. The van der Waals surface area contributed by atoms with Crippen LogP contribution in [0.1, 0.15) is 11.1 Å². The van der Waals surface area contributed by atoms with Gasteiger partial charge in [-0.05, 0) is 29.8 Å². The second-order valence-electron chi connectivity index (χ2n) is 4.79. The molecule has 0 radical (unpaired) electrons. The molecule has 2 N–H and O–H groups in total. The summed E-state index contributed by atoms with van der Waals surface area (Å²) in [6.07, 6.45) is 3.50. The quantitative estimate of drug-likeness (QED) is 0.765. The number of benzene rings is 1. The number of anilines is 1. The van der Waals surface area contributed by atoms with Gasteiger partial charge in [0, 0.05) is 18.0 Å². The monoisotopic (exact) mass is 304 g/mol. The van der Waals surface area contributed by atoms with Crippen molar-refractivity contribution in [3.05, 3.63) is 59.9 Å². The molecule has 0 fully saturated rings. The Morgan fingerprint density at radius 2 is 1.87 bits per heavy atom. The van der Waals surface area contributed by atoms with Crippen LogP contribution in [0, 0.1) is 11.3 Å². The van der Waals surface area contributed by atoms with Crippen molar-refractivity contribution in [3.63, 3.8) is 0 Å². The van der Waals surface area contributed by atoms with Gasteiger partial charge in [-0.2, -0.15) is 5.26 Å². The van der Waals surface area contributed by atoms with E-state index in [1.54, 1.807) is 48.8 Å². The second-order valence-corrected chi connectivity index (χ2v) is 4.79. The number of aromatic amines is 1. The number of aromatic nitrogens is 4. The van der Waals surface area contributed by atoms with Gasteiger partial charge < -0.3 is 4.98 Å². The fourth-order valence-corrected chi connectivity index (χ4v) is 2.02. The Morgan fingerprint density at radius 3 is 2.57 bits per heavy atom. The van der Waals surface area contributed by atoms with Crippen molar-refractivity contribution in [2.24, 2.45) is 0 Å². The normalized spacial score (nSPS) is 10.0. The molecule has 0 bridgehead atoms. The van der Waals surface area contributed by atoms with E-state index >= 15 is 0 Å². The van der Waals surface area contributed by atoms with E-state index < -0.39 is 0 Å². The third-order valence-electron chi connectivity index (χ3n) is 3.15. The summed E-state index contributed by atoms with van der Waals surface area (Å²) in [5.74, 6) is 0.628. The number of rotatable bonds is 4. The SMILES string of the molecule is N#Cc1ccc(CC(=O)Nc2nnc(-c3ccncc3)[nH]2)cc1. The van der Waals surface area contributed by atoms with Gasteiger partial charge in [0.05, 0.1) is 18.1 Å². The van der Waals surface area contributed by atoms with Gasteiger partial charge in [0.1, 0.15) is 0 Å². The summed E-state index contributed by atoms with van der Waals surface area (Å²) >= 11 is 0. The predicted molar refractivity (Wildman–Crippen MR) is 83.1 cm³/mol. The van der Waals surface area contributed by atoms with Crippen molar-refractivity contribution in [2.75, 3.05) is 5.32 Å². The molecule has 0 saturated heterocycles. The highest BCUT2D eigenvalue weighted by Crippen LogP contribution is 2.14. The van der Waals surface area contributed by atoms with Gasteiger partial charge in [0.15, 0.2) is 5.82 Å². The molecule has 2 heterocycles. The van der Waals surface area contributed by atoms with Crippen LogP contribution in [0.15, 0.2) is 48.8 Å². The number of hydrogen-bond acceptors (Lipinski definition) is 5. The Labute approximate surface area is 132 Å². The van der Waals surface area contributed by atoms with E-state index in [0.29, 0.717) is 11.4 Å². The van der Waals surface area contributed by atoms with Crippen LogP contribution in [0.25, 0.3) is 11.4 Å². The summed E-state index contributed by atoms with van der Waals surface area (Å²) in [6, 6.07) is 12.5. The van der Waals surface area contributed by atoms with Gasteiger partial charge in [0.25, 0.3) is 0 Å². The summed E-state index contributed by atoms with van der Waals surface area (Å²) in [4.78, 5) is 18.9. The van der Waals surface area contributed by atoms with Gasteiger partial charge in [-0.25, -0.2) is 0 Å². The lowest BCUT2D eigenvalue weighted by atomic mass is 10.1. The maximum Gasteiger partial charge on any atom is 0.231 e. The van der Waals surface area contributed by atoms with Crippen LogP contribution in [-0.2, 0) is 11.2 Å². The van der Waals surface area contributed by atoms with E-state index in [1.807, 2.05) is 6.07 Å². The summed E-state index contributed by atoms with van der Waals surface area (Å²) in [6.45, 7) is 0. The number of carbonyl (C=O) groups excluding carboxylic acids is 1. The molecular formula is C16H12N6O. The fourth-order valence-electron chi connectivity index (χ4n) is 2.02. The zero-order valence-corrected chi connectivity index (χ0v) is 12.0. The topological polar surface area (TPSA) is 107 Å². The summed E-state index contributed by atoms with van der Waals surface area (Å²) in [5.41, 5.74) is 2.21. The molecule has 23 heavy (non-hydrogen) atoms. The van der Waals surface area contributed by atoms with E-state index in [4.69, 9.17) is 5.26 Å². The number of pyridine rings is 1. The van der Waals surface area contributed by atoms with Gasteiger partial charge in [-0.3, -0.25) is 15.1 Å². The Hall–Kier alpha value is -3.53. The first kappa shape index (κ1) is 14.4. The molecule has 0 spiro atoms. The number of nitrogens with zero attached hydrogens (tertiary/aromatic N) is 4. The van der Waals surface area contributed by atoms with Crippen molar-refractivity contribution < 1.29 is 4.79 Å². The van der Waals surface area contributed by atoms with E-state index in [-0.39, 0.29) is 18.3 Å². The van der Waals surface area contributed by atoms with Crippen molar-refractivity contribution in [1.29, 1.82) is 5.26 Å². The lowest BCUT2D eigenvalue weighted by Crippen LogP contribution is -2.15. The smallest absolute Gasteiger partial charge is 0.231 e. The van der Waals surface area contributed by atoms with Crippen molar-refractivity contribution in [2.45, 2.75) is 6.42 Å². The number of H-pyrrole nitrogens is 1. The van der Waals surface area contributed by atoms with Crippen LogP contribution in [-0.4, -0.2) is 26.1 Å². The van der Waals surface area contributed by atoms with E-state index in [0.717, 1.165) is 11.1 Å². The van der Waals surface area contributed by atoms with Crippen LogP contribution in [0.2, 0.25) is 0 Å². The molecule has 0 unspecified atom stereocenters. The number of nitrogens with one attached hydrogen (secondary N) is 2. The summed E-state index contributed by atoms with van der Waals surface area (Å²) in [5, 5.41) is 19.3. The van der Waals surface area contributed by atoms with Crippen LogP contribution in [0.4, 0.5) is 5.95 Å². The molecule has 1 amide bonds. The molecule has 7 nitrogen and oxygen atoms in total. The van der Waals surface area contributed by atoms with Crippen LogP contribution >= 0.6 is 0 Å². The lowest BCUT2D eigenvalue weighted by molar-refractivity contribution is -0.115. The Kier molecular flexibility index (Phi) is 4.07. The largest absolute Gasteiger partial charge is 0.307 e. The number of carbonyl (C=O) groups is 1. The minimum absolute atomic E-state index is 0.191. The molecule has 3 rings (SSSR count). The summed E-state index contributed by atoms with van der Waals surface area (Å²) in [7, 11) is 0. The van der Waals surface area contributed by atoms with Gasteiger partial charge in [-0.15, -0.1) is 10.2 Å². The van der Waals surface area contributed by atoms with E-state index in [9.17, 15) is 4.79 Å². The summed E-state index contributed by atoms with van der Waals surface area (Å²) < 4.78 is 0. The highest BCUT2D eigenvalue weighted by molar-refractivity contribution is 5.90. The maximum absolute atomic E-state index is 12.0. The van der Waals surface area contributed by atoms with Gasteiger partial charge in [-0.1, -0.05) is 12.1 Å². The fraction of sp³-hybridized carbons (Fsp3) is 0.0625. The number of hydrogen-bond donors (Lipinski definition) is 2. The molecule has 7 heteroatoms. The number of nitriles is 1. The highest BCUT2D eigenvalue weighted by atomic mass is 16.1. The zero-order chi connectivity index (χ0) is 16.1. The van der Waals surface area contributed by atoms with Crippen LogP contribution in [0.5, 0.6) is 0 Å². The van der Waals surface area contributed by atoms with Crippen molar-refractivity contribution in [1.82, 2.24) is 20.2 Å². The standard InChI is InChI=1S/C16H12N6O/c17-10-12-3-1-11(2-4-12)9-14(23)19-16-20-15(21-22-16)13-5-7-18-8-6-13/h1-8H,9H2,(H2,19,20,21,22,23). The number of amides is 1. The molecule has 0 aliphatic rings. The maximum atomic E-state index is 12.0. The molecular weight excluding hydrogens is 292 g/mol. The first-order valence-corrected chi connectivity index (χ1v) is 6.86. The van der Waals surface area contributed by atoms with Crippen LogP contribution < -0.4 is 5.32 Å². The zero-order valence-electron chi connectivity index (χ0n) is 12.0.